The number of amides is 1. The van der Waals surface area contributed by atoms with E-state index in [1.807, 2.05) is 61.5 Å². The summed E-state index contributed by atoms with van der Waals surface area (Å²) in [5, 5.41) is 4.19. The number of carbonyl (C=O) groups is 1. The van der Waals surface area contributed by atoms with Crippen LogP contribution in [0.1, 0.15) is 16.0 Å². The molecular formula is C25H25N4O2S2+. The predicted octanol–water partition coefficient (Wildman–Crippen LogP) is 3.06. The molecule has 0 fully saturated rings. The fourth-order valence-corrected chi connectivity index (χ4v) is 6.29. The number of benzene rings is 2. The highest BCUT2D eigenvalue weighted by Crippen LogP contribution is 2.31. The van der Waals surface area contributed by atoms with Crippen molar-refractivity contribution in [2.75, 3.05) is 24.7 Å². The van der Waals surface area contributed by atoms with E-state index in [-0.39, 0.29) is 17.2 Å². The van der Waals surface area contributed by atoms with Crippen LogP contribution in [-0.4, -0.2) is 34.8 Å². The Morgan fingerprint density at radius 3 is 2.70 bits per heavy atom. The van der Waals surface area contributed by atoms with Crippen LogP contribution < -0.4 is 15.8 Å². The Bertz CT molecular complexity index is 1380. The zero-order chi connectivity index (χ0) is 22.9. The highest BCUT2D eigenvalue weighted by Gasteiger charge is 2.26. The summed E-state index contributed by atoms with van der Waals surface area (Å²) >= 11 is 2.90. The molecule has 5 rings (SSSR count). The topological polar surface area (TPSA) is 68.4 Å². The molecule has 2 N–H and O–H groups in total. The van der Waals surface area contributed by atoms with E-state index in [1.165, 1.54) is 21.5 Å². The van der Waals surface area contributed by atoms with E-state index in [2.05, 4.69) is 12.4 Å². The molecule has 0 aliphatic carbocycles. The lowest BCUT2D eigenvalue weighted by molar-refractivity contribution is -0.895. The number of carbonyl (C=O) groups excluding carboxylic acids is 1. The first-order valence-electron chi connectivity index (χ1n) is 10.9. The number of anilines is 1. The minimum Gasteiger partial charge on any atom is -0.333 e. The number of rotatable bonds is 5. The van der Waals surface area contributed by atoms with Crippen molar-refractivity contribution in [1.82, 2.24) is 9.55 Å². The summed E-state index contributed by atoms with van der Waals surface area (Å²) in [5.74, 6) is 0.0323. The number of likely N-dealkylation sites (N-methyl/N-ethyl adjacent to an activating group) is 1. The molecular weight excluding hydrogens is 452 g/mol. The predicted molar refractivity (Wildman–Crippen MR) is 135 cm³/mol. The SMILES string of the molecule is Cc1ccc(NC(=O)CSc2nc3sc4c(c3c(=O)n2-c2ccccc2)CC[NH+](C)C4)cc1. The van der Waals surface area contributed by atoms with Crippen LogP contribution in [-0.2, 0) is 17.8 Å². The van der Waals surface area contributed by atoms with Gasteiger partial charge in [0.15, 0.2) is 5.16 Å². The molecule has 33 heavy (non-hydrogen) atoms. The molecule has 4 aromatic rings. The lowest BCUT2D eigenvalue weighted by Gasteiger charge is -2.19. The van der Waals surface area contributed by atoms with Gasteiger partial charge in [-0.3, -0.25) is 14.2 Å². The summed E-state index contributed by atoms with van der Waals surface area (Å²) in [7, 11) is 2.18. The van der Waals surface area contributed by atoms with Crippen LogP contribution in [0, 0.1) is 6.92 Å². The summed E-state index contributed by atoms with van der Waals surface area (Å²) in [4.78, 5) is 34.7. The van der Waals surface area contributed by atoms with Crippen LogP contribution >= 0.6 is 23.1 Å². The van der Waals surface area contributed by atoms with Crippen molar-refractivity contribution in [3.63, 3.8) is 0 Å². The normalized spacial score (nSPS) is 15.4. The molecule has 1 aliphatic heterocycles. The van der Waals surface area contributed by atoms with Gasteiger partial charge >= 0.3 is 0 Å². The number of hydrogen-bond acceptors (Lipinski definition) is 5. The second-order valence-corrected chi connectivity index (χ2v) is 10.4. The quantitative estimate of drug-likeness (QED) is 0.343. The van der Waals surface area contributed by atoms with Crippen molar-refractivity contribution in [1.29, 1.82) is 0 Å². The van der Waals surface area contributed by atoms with Gasteiger partial charge in [-0.25, -0.2) is 4.98 Å². The number of thioether (sulfide) groups is 1. The summed E-state index contributed by atoms with van der Waals surface area (Å²) in [5.41, 5.74) is 3.75. The average molecular weight is 478 g/mol. The number of hydrogen-bond donors (Lipinski definition) is 2. The number of para-hydroxylation sites is 1. The van der Waals surface area contributed by atoms with Crippen molar-refractivity contribution in [2.45, 2.75) is 25.0 Å². The van der Waals surface area contributed by atoms with Crippen molar-refractivity contribution in [3.05, 3.63) is 81.0 Å². The van der Waals surface area contributed by atoms with Gasteiger partial charge in [-0.1, -0.05) is 47.7 Å². The maximum atomic E-state index is 13.7. The molecule has 0 spiro atoms. The van der Waals surface area contributed by atoms with E-state index in [9.17, 15) is 9.59 Å². The fourth-order valence-electron chi connectivity index (χ4n) is 4.11. The molecule has 0 radical (unpaired) electrons. The number of nitrogens with zero attached hydrogens (tertiary/aromatic N) is 2. The van der Waals surface area contributed by atoms with Crippen LogP contribution in [0.25, 0.3) is 15.9 Å². The highest BCUT2D eigenvalue weighted by molar-refractivity contribution is 7.99. The first-order valence-corrected chi connectivity index (χ1v) is 12.7. The number of thiophene rings is 1. The second kappa shape index (κ2) is 9.13. The Balaban J connectivity index is 1.51. The number of nitrogens with one attached hydrogen (secondary N) is 2. The van der Waals surface area contributed by atoms with Crippen molar-refractivity contribution in [2.24, 2.45) is 0 Å². The maximum absolute atomic E-state index is 13.7. The third-order valence-electron chi connectivity index (χ3n) is 5.82. The second-order valence-electron chi connectivity index (χ2n) is 8.39. The van der Waals surface area contributed by atoms with Gasteiger partial charge in [0, 0.05) is 12.1 Å². The molecule has 1 unspecified atom stereocenters. The minimum absolute atomic E-state index is 0.0512. The van der Waals surface area contributed by atoms with Gasteiger partial charge in [-0.05, 0) is 36.8 Å². The maximum Gasteiger partial charge on any atom is 0.267 e. The summed E-state index contributed by atoms with van der Waals surface area (Å²) in [6.07, 6.45) is 0.887. The average Bonchev–Trinajstić information content (AvgIpc) is 3.17. The van der Waals surface area contributed by atoms with Crippen LogP contribution in [0.2, 0.25) is 0 Å². The summed E-state index contributed by atoms with van der Waals surface area (Å²) in [6, 6.07) is 17.2. The van der Waals surface area contributed by atoms with E-state index in [4.69, 9.17) is 4.98 Å². The number of fused-ring (bicyclic) bond motifs is 3. The van der Waals surface area contributed by atoms with E-state index in [1.54, 1.807) is 15.9 Å². The minimum atomic E-state index is -0.131. The first kappa shape index (κ1) is 21.9. The van der Waals surface area contributed by atoms with Gasteiger partial charge in [0.25, 0.3) is 5.56 Å². The summed E-state index contributed by atoms with van der Waals surface area (Å²) < 4.78 is 1.66. The third-order valence-corrected chi connectivity index (χ3v) is 7.89. The smallest absolute Gasteiger partial charge is 0.267 e. The van der Waals surface area contributed by atoms with Gasteiger partial charge in [-0.2, -0.15) is 0 Å². The highest BCUT2D eigenvalue weighted by atomic mass is 32.2. The fraction of sp³-hybridized carbons (Fsp3) is 0.240. The molecule has 1 amide bonds. The van der Waals surface area contributed by atoms with Crippen LogP contribution in [0.5, 0.6) is 0 Å². The molecule has 2 aromatic carbocycles. The molecule has 3 heterocycles. The van der Waals surface area contributed by atoms with Gasteiger partial charge in [0.1, 0.15) is 11.4 Å². The Kier molecular flexibility index (Phi) is 6.05. The largest absolute Gasteiger partial charge is 0.333 e. The van der Waals surface area contributed by atoms with Crippen LogP contribution in [0.4, 0.5) is 5.69 Å². The molecule has 2 aromatic heterocycles. The molecule has 1 atom stereocenters. The standard InChI is InChI=1S/C25H24N4O2S2/c1-16-8-10-17(11-9-16)26-21(30)15-32-25-27-23-22(19-12-13-28(2)14-20(19)33-23)24(31)29(25)18-6-4-3-5-7-18/h3-11H,12-15H2,1-2H3,(H,26,30)/p+1. The molecule has 0 bridgehead atoms. The van der Waals surface area contributed by atoms with Gasteiger partial charge in [-0.15, -0.1) is 11.3 Å². The van der Waals surface area contributed by atoms with Crippen molar-refractivity contribution in [3.8, 4) is 5.69 Å². The first-order chi connectivity index (χ1) is 16.0. The summed E-state index contributed by atoms with van der Waals surface area (Å²) in [6.45, 7) is 3.94. The number of aryl methyl sites for hydroxylation is 1. The van der Waals surface area contributed by atoms with Crippen LogP contribution in [0.3, 0.4) is 0 Å². The van der Waals surface area contributed by atoms with Crippen LogP contribution in [0.15, 0.2) is 64.5 Å². The molecule has 8 heteroatoms. The van der Waals surface area contributed by atoms with Gasteiger partial charge in [0.2, 0.25) is 5.91 Å². The van der Waals surface area contributed by atoms with E-state index >= 15 is 0 Å². The van der Waals surface area contributed by atoms with Gasteiger partial charge < -0.3 is 10.2 Å². The van der Waals surface area contributed by atoms with Crippen molar-refractivity contribution < 1.29 is 9.69 Å². The molecule has 1 aliphatic rings. The number of aromatic nitrogens is 2. The molecule has 0 saturated carbocycles. The zero-order valence-electron chi connectivity index (χ0n) is 18.6. The Morgan fingerprint density at radius 1 is 1.18 bits per heavy atom. The lowest BCUT2D eigenvalue weighted by atomic mass is 10.1. The van der Waals surface area contributed by atoms with Gasteiger partial charge in [0.05, 0.1) is 35.3 Å². The third kappa shape index (κ3) is 4.46. The van der Waals surface area contributed by atoms with E-state index < -0.39 is 0 Å². The van der Waals surface area contributed by atoms with E-state index in [0.29, 0.717) is 5.16 Å². The molecule has 0 saturated heterocycles. The molecule has 168 valence electrons. The Labute approximate surface area is 200 Å². The Morgan fingerprint density at radius 2 is 1.94 bits per heavy atom. The Hall–Kier alpha value is -2.94. The molecule has 6 nitrogen and oxygen atoms in total. The van der Waals surface area contributed by atoms with Crippen molar-refractivity contribution >= 4 is 44.9 Å². The zero-order valence-corrected chi connectivity index (χ0v) is 20.2. The lowest BCUT2D eigenvalue weighted by Crippen LogP contribution is -3.08. The van der Waals surface area contributed by atoms with E-state index in [0.717, 1.165) is 52.2 Å². The number of quaternary nitrogens is 1. The monoisotopic (exact) mass is 477 g/mol.